The average Bonchev–Trinajstić information content (AvgIpc) is 2.86. The van der Waals surface area contributed by atoms with Gasteiger partial charge in [-0.2, -0.15) is 0 Å². The third kappa shape index (κ3) is 6.50. The number of hydrogen-bond acceptors (Lipinski definition) is 9. The molecule has 5 rings (SSSR count). The van der Waals surface area contributed by atoms with Gasteiger partial charge in [0.2, 0.25) is 5.88 Å². The molecule has 2 unspecified atom stereocenters. The first-order valence-corrected chi connectivity index (χ1v) is 11.8. The zero-order chi connectivity index (χ0) is 24.4. The Hall–Kier alpha value is -2.50. The van der Waals surface area contributed by atoms with Crippen molar-refractivity contribution in [2.75, 3.05) is 40.0 Å². The zero-order valence-corrected chi connectivity index (χ0v) is 22.4. The van der Waals surface area contributed by atoms with Crippen molar-refractivity contribution in [1.82, 2.24) is 25.2 Å². The number of methoxy groups -OCH3 is 1. The van der Waals surface area contributed by atoms with Gasteiger partial charge in [-0.3, -0.25) is 9.97 Å². The molecule has 0 aliphatic carbocycles. The summed E-state index contributed by atoms with van der Waals surface area (Å²) >= 11 is 0. The van der Waals surface area contributed by atoms with Gasteiger partial charge in [0.05, 0.1) is 41.8 Å². The monoisotopic (exact) mass is 555 g/mol. The van der Waals surface area contributed by atoms with Crippen molar-refractivity contribution in [2.45, 2.75) is 38.0 Å². The van der Waals surface area contributed by atoms with Gasteiger partial charge in [-0.25, -0.2) is 9.37 Å². The normalized spacial score (nSPS) is 21.1. The van der Waals surface area contributed by atoms with Crippen molar-refractivity contribution in [1.29, 1.82) is 0 Å². The smallest absolute Gasteiger partial charge is 0.213 e. The number of pyridine rings is 3. The lowest BCUT2D eigenvalue weighted by atomic mass is 9.88. The van der Waals surface area contributed by atoms with Gasteiger partial charge in [0.15, 0.2) is 11.5 Å². The third-order valence-electron chi connectivity index (χ3n) is 6.67. The molecule has 0 aromatic carbocycles. The van der Waals surface area contributed by atoms with Gasteiger partial charge in [-0.15, -0.1) is 24.8 Å². The molecule has 1 saturated heterocycles. The first kappa shape index (κ1) is 29.1. The summed E-state index contributed by atoms with van der Waals surface area (Å²) in [5, 5.41) is 14.6. The number of fused-ring (bicyclic) bond motifs is 2. The fourth-order valence-electron chi connectivity index (χ4n) is 4.79. The molecule has 0 amide bonds. The molecule has 202 valence electrons. The van der Waals surface area contributed by atoms with Crippen LogP contribution in [0.25, 0.3) is 11.0 Å². The van der Waals surface area contributed by atoms with E-state index in [4.69, 9.17) is 14.2 Å². The van der Waals surface area contributed by atoms with Gasteiger partial charge in [0.25, 0.3) is 0 Å². The summed E-state index contributed by atoms with van der Waals surface area (Å²) in [4.78, 5) is 15.1. The molecule has 37 heavy (non-hydrogen) atoms. The van der Waals surface area contributed by atoms with E-state index in [0.717, 1.165) is 18.7 Å². The Kier molecular flexibility index (Phi) is 9.71. The topological polar surface area (TPSA) is 102 Å². The number of ether oxygens (including phenoxy) is 3. The van der Waals surface area contributed by atoms with E-state index < -0.39 is 5.60 Å². The van der Waals surface area contributed by atoms with Crippen LogP contribution in [0.5, 0.6) is 17.4 Å². The number of β-amino-alcohol motifs (C(OH)–C–C–N with tert-alkyl or cyclic N) is 1. The number of hydrogen-bond donors (Lipinski definition) is 2. The van der Waals surface area contributed by atoms with E-state index in [2.05, 4.69) is 25.2 Å². The van der Waals surface area contributed by atoms with Crippen LogP contribution in [0.4, 0.5) is 4.39 Å². The Labute approximate surface area is 227 Å². The zero-order valence-electron chi connectivity index (χ0n) is 20.8. The van der Waals surface area contributed by atoms with Crippen molar-refractivity contribution in [3.05, 3.63) is 47.7 Å². The van der Waals surface area contributed by atoms with Crippen LogP contribution in [-0.4, -0.2) is 76.6 Å². The molecule has 5 heterocycles. The molecule has 2 aliphatic heterocycles. The largest absolute Gasteiger partial charge is 0.486 e. The van der Waals surface area contributed by atoms with Crippen LogP contribution in [0.2, 0.25) is 0 Å². The molecule has 0 saturated carbocycles. The van der Waals surface area contributed by atoms with Crippen molar-refractivity contribution in [3.8, 4) is 17.4 Å². The van der Waals surface area contributed by atoms with Crippen LogP contribution in [0, 0.1) is 5.82 Å². The molecule has 2 atom stereocenters. The standard InChI is InChI=1S/C25H30FN5O4.2ClH/c1-25(32)15-31(7-5-17-18(26)13-28-19-3-4-23(33-2)30-24(17)19)8-6-22(25)29-12-16-11-20-21(14-27-16)35-10-9-34-20;;/h3-4,11,13-14,22,29,32H,5-10,12,15H2,1-2H3;2*1H. The Bertz CT molecular complexity index is 1220. The van der Waals surface area contributed by atoms with Crippen LogP contribution in [0.1, 0.15) is 24.6 Å². The van der Waals surface area contributed by atoms with Crippen LogP contribution in [0.3, 0.4) is 0 Å². The van der Waals surface area contributed by atoms with E-state index in [-0.39, 0.29) is 36.7 Å². The Morgan fingerprint density at radius 3 is 2.73 bits per heavy atom. The van der Waals surface area contributed by atoms with Gasteiger partial charge in [-0.1, -0.05) is 0 Å². The third-order valence-corrected chi connectivity index (χ3v) is 6.67. The van der Waals surface area contributed by atoms with Crippen molar-refractivity contribution >= 4 is 35.8 Å². The summed E-state index contributed by atoms with van der Waals surface area (Å²) in [6, 6.07) is 5.27. The highest BCUT2D eigenvalue weighted by atomic mass is 35.5. The number of nitrogens with one attached hydrogen (secondary N) is 1. The quantitative estimate of drug-likeness (QED) is 0.455. The molecular weight excluding hydrogens is 524 g/mol. The Morgan fingerprint density at radius 2 is 1.97 bits per heavy atom. The van der Waals surface area contributed by atoms with Gasteiger partial charge in [0, 0.05) is 43.4 Å². The lowest BCUT2D eigenvalue weighted by molar-refractivity contribution is -0.0434. The minimum absolute atomic E-state index is 0. The molecule has 0 bridgehead atoms. The highest BCUT2D eigenvalue weighted by Gasteiger charge is 2.37. The molecule has 3 aromatic rings. The summed E-state index contributed by atoms with van der Waals surface area (Å²) in [6.07, 6.45) is 4.13. The molecular formula is C25H32Cl2FN5O4. The predicted octanol–water partition coefficient (Wildman–Crippen LogP) is 2.94. The number of likely N-dealkylation sites (tertiary alicyclic amines) is 1. The molecule has 0 spiro atoms. The maximum atomic E-state index is 14.6. The van der Waals surface area contributed by atoms with Crippen LogP contribution in [-0.2, 0) is 13.0 Å². The van der Waals surface area contributed by atoms with Crippen LogP contribution >= 0.6 is 24.8 Å². The molecule has 1 fully saturated rings. The van der Waals surface area contributed by atoms with Crippen LogP contribution in [0.15, 0.2) is 30.6 Å². The maximum absolute atomic E-state index is 14.6. The van der Waals surface area contributed by atoms with E-state index in [1.54, 1.807) is 18.3 Å². The predicted molar refractivity (Wildman–Crippen MR) is 142 cm³/mol. The summed E-state index contributed by atoms with van der Waals surface area (Å²) < 4.78 is 31.0. The van der Waals surface area contributed by atoms with Gasteiger partial charge in [0.1, 0.15) is 19.0 Å². The lowest BCUT2D eigenvalue weighted by Gasteiger charge is -2.43. The van der Waals surface area contributed by atoms with Crippen molar-refractivity contribution in [2.24, 2.45) is 0 Å². The highest BCUT2D eigenvalue weighted by molar-refractivity contribution is 5.85. The minimum Gasteiger partial charge on any atom is -0.486 e. The van der Waals surface area contributed by atoms with E-state index in [1.807, 2.05) is 13.0 Å². The van der Waals surface area contributed by atoms with E-state index in [9.17, 15) is 9.50 Å². The summed E-state index contributed by atoms with van der Waals surface area (Å²) in [5.41, 5.74) is 1.53. The fraction of sp³-hybridized carbons (Fsp3) is 0.480. The SMILES string of the molecule is COc1ccc2ncc(F)c(CCN3CCC(NCc4cc5c(cn4)OCCO5)C(C)(O)C3)c2n1.Cl.Cl. The Morgan fingerprint density at radius 1 is 1.19 bits per heavy atom. The van der Waals surface area contributed by atoms with E-state index >= 15 is 0 Å². The first-order valence-electron chi connectivity index (χ1n) is 11.8. The molecule has 3 aromatic heterocycles. The average molecular weight is 556 g/mol. The second kappa shape index (κ2) is 12.4. The van der Waals surface area contributed by atoms with E-state index in [1.165, 1.54) is 13.3 Å². The van der Waals surface area contributed by atoms with Crippen molar-refractivity contribution in [3.63, 3.8) is 0 Å². The summed E-state index contributed by atoms with van der Waals surface area (Å²) in [7, 11) is 1.53. The highest BCUT2D eigenvalue weighted by Crippen LogP contribution is 2.30. The number of aromatic nitrogens is 3. The van der Waals surface area contributed by atoms with Gasteiger partial charge < -0.3 is 29.5 Å². The second-order valence-electron chi connectivity index (χ2n) is 9.23. The van der Waals surface area contributed by atoms with Gasteiger partial charge in [-0.05, 0) is 32.4 Å². The van der Waals surface area contributed by atoms with Gasteiger partial charge >= 0.3 is 0 Å². The first-order chi connectivity index (χ1) is 16.9. The molecule has 2 N–H and O–H groups in total. The number of rotatable bonds is 7. The maximum Gasteiger partial charge on any atom is 0.213 e. The molecule has 9 nitrogen and oxygen atoms in total. The number of aliphatic hydroxyl groups is 1. The number of halogens is 3. The second-order valence-corrected chi connectivity index (χ2v) is 9.23. The van der Waals surface area contributed by atoms with Crippen LogP contribution < -0.4 is 19.5 Å². The summed E-state index contributed by atoms with van der Waals surface area (Å²) in [6.45, 7) is 5.26. The number of piperidine rings is 1. The fourth-order valence-corrected chi connectivity index (χ4v) is 4.79. The molecule has 2 aliphatic rings. The summed E-state index contributed by atoms with van der Waals surface area (Å²) in [5.74, 6) is 1.40. The number of nitrogens with zero attached hydrogens (tertiary/aromatic N) is 4. The molecule has 0 radical (unpaired) electrons. The van der Waals surface area contributed by atoms with E-state index in [0.29, 0.717) is 73.2 Å². The van der Waals surface area contributed by atoms with Crippen molar-refractivity contribution < 1.29 is 23.7 Å². The minimum atomic E-state index is -0.952. The Balaban J connectivity index is 0.00000190. The molecule has 12 heteroatoms. The lowest BCUT2D eigenvalue weighted by Crippen LogP contribution is -2.60.